The average molecular weight is 580 g/mol. The van der Waals surface area contributed by atoms with Gasteiger partial charge in [-0.25, -0.2) is 9.78 Å². The van der Waals surface area contributed by atoms with Crippen LogP contribution in [0.2, 0.25) is 10.0 Å². The van der Waals surface area contributed by atoms with Gasteiger partial charge in [-0.3, -0.25) is 4.90 Å². The van der Waals surface area contributed by atoms with Crippen molar-refractivity contribution in [1.29, 1.82) is 0 Å². The highest BCUT2D eigenvalue weighted by Gasteiger charge is 2.32. The van der Waals surface area contributed by atoms with Gasteiger partial charge in [-0.1, -0.05) is 41.8 Å². The molecule has 0 saturated carbocycles. The molecule has 5 nitrogen and oxygen atoms in total. The number of fused-ring (bicyclic) bond motifs is 1. The minimum absolute atomic E-state index is 0.199. The number of hydrogen-bond donors (Lipinski definition) is 0. The second kappa shape index (κ2) is 11.6. The van der Waals surface area contributed by atoms with Crippen LogP contribution in [-0.4, -0.2) is 60.1 Å². The SMILES string of the molecule is COC(=O)c1c(CN2CCC(N3CCCCC3)CC2)c(-c2cccc(C(F)(F)F)c2)nc2c(Cl)cc(Cl)cc12. The van der Waals surface area contributed by atoms with Crippen LogP contribution in [0.25, 0.3) is 22.2 Å². The van der Waals surface area contributed by atoms with Crippen LogP contribution in [0.1, 0.15) is 53.6 Å². The van der Waals surface area contributed by atoms with E-state index in [4.69, 9.17) is 32.9 Å². The van der Waals surface area contributed by atoms with Gasteiger partial charge in [-0.2, -0.15) is 13.2 Å². The second-order valence-electron chi connectivity index (χ2n) is 10.3. The molecule has 1 aromatic heterocycles. The van der Waals surface area contributed by atoms with Gasteiger partial charge in [0.05, 0.1) is 34.5 Å². The number of esters is 1. The Balaban J connectivity index is 1.60. The molecule has 0 unspecified atom stereocenters. The van der Waals surface area contributed by atoms with Crippen molar-refractivity contribution in [3.05, 3.63) is 63.1 Å². The lowest BCUT2D eigenvalue weighted by Gasteiger charge is -2.40. The Morgan fingerprint density at radius 2 is 1.77 bits per heavy atom. The molecule has 0 bridgehead atoms. The normalized spacial score (nSPS) is 18.0. The Bertz CT molecular complexity index is 1370. The van der Waals surface area contributed by atoms with Crippen LogP contribution >= 0.6 is 23.2 Å². The van der Waals surface area contributed by atoms with Gasteiger partial charge < -0.3 is 9.64 Å². The Labute approximate surface area is 235 Å². The topological polar surface area (TPSA) is 45.7 Å². The summed E-state index contributed by atoms with van der Waals surface area (Å²) >= 11 is 12.8. The molecular weight excluding hydrogens is 550 g/mol. The molecule has 39 heavy (non-hydrogen) atoms. The van der Waals surface area contributed by atoms with Crippen LogP contribution in [0, 0.1) is 0 Å². The number of piperidine rings is 2. The van der Waals surface area contributed by atoms with Crippen LogP contribution in [0.15, 0.2) is 36.4 Å². The summed E-state index contributed by atoms with van der Waals surface area (Å²) in [6, 6.07) is 8.62. The van der Waals surface area contributed by atoms with Crippen LogP contribution in [0.4, 0.5) is 13.2 Å². The maximum atomic E-state index is 13.6. The lowest BCUT2D eigenvalue weighted by molar-refractivity contribution is -0.137. The first-order valence-corrected chi connectivity index (χ1v) is 14.0. The Morgan fingerprint density at radius 3 is 2.44 bits per heavy atom. The summed E-state index contributed by atoms with van der Waals surface area (Å²) in [5, 5.41) is 0.928. The van der Waals surface area contributed by atoms with Crippen molar-refractivity contribution in [1.82, 2.24) is 14.8 Å². The van der Waals surface area contributed by atoms with Gasteiger partial charge in [0.1, 0.15) is 0 Å². The average Bonchev–Trinajstić information content (AvgIpc) is 2.93. The van der Waals surface area contributed by atoms with Crippen LogP contribution in [-0.2, 0) is 17.5 Å². The van der Waals surface area contributed by atoms with Crippen molar-refractivity contribution in [2.45, 2.75) is 50.9 Å². The van der Waals surface area contributed by atoms with E-state index in [1.165, 1.54) is 38.5 Å². The zero-order chi connectivity index (χ0) is 27.7. The number of halogens is 5. The minimum Gasteiger partial charge on any atom is -0.465 e. The van der Waals surface area contributed by atoms with E-state index in [0.717, 1.165) is 51.2 Å². The van der Waals surface area contributed by atoms with Gasteiger partial charge in [0.15, 0.2) is 0 Å². The maximum Gasteiger partial charge on any atom is 0.416 e. The predicted molar refractivity (Wildman–Crippen MR) is 147 cm³/mol. The third kappa shape index (κ3) is 6.04. The maximum absolute atomic E-state index is 13.6. The summed E-state index contributed by atoms with van der Waals surface area (Å²) in [6.45, 7) is 4.20. The summed E-state index contributed by atoms with van der Waals surface area (Å²) in [5.41, 5.74) is 0.733. The van der Waals surface area contributed by atoms with E-state index in [1.807, 2.05) is 0 Å². The van der Waals surface area contributed by atoms with Crippen molar-refractivity contribution in [2.24, 2.45) is 0 Å². The number of likely N-dealkylation sites (tertiary alicyclic amines) is 2. The highest BCUT2D eigenvalue weighted by Crippen LogP contribution is 2.38. The minimum atomic E-state index is -4.53. The van der Waals surface area contributed by atoms with E-state index in [0.29, 0.717) is 28.6 Å². The number of carbonyl (C=O) groups is 1. The van der Waals surface area contributed by atoms with Crippen molar-refractivity contribution in [2.75, 3.05) is 33.3 Å². The number of benzene rings is 2. The van der Waals surface area contributed by atoms with E-state index in [1.54, 1.807) is 12.1 Å². The number of pyridine rings is 1. The fourth-order valence-corrected chi connectivity index (χ4v) is 6.39. The first-order valence-electron chi connectivity index (χ1n) is 13.2. The zero-order valence-corrected chi connectivity index (χ0v) is 23.2. The lowest BCUT2D eigenvalue weighted by Crippen LogP contribution is -2.46. The smallest absolute Gasteiger partial charge is 0.416 e. The number of nitrogens with zero attached hydrogens (tertiary/aromatic N) is 3. The van der Waals surface area contributed by atoms with Gasteiger partial charge in [-0.05, 0) is 76.1 Å². The first kappa shape index (κ1) is 28.1. The van der Waals surface area contributed by atoms with E-state index in [2.05, 4.69) is 9.80 Å². The summed E-state index contributed by atoms with van der Waals surface area (Å²) < 4.78 is 46.0. The van der Waals surface area contributed by atoms with Crippen molar-refractivity contribution >= 4 is 40.1 Å². The molecule has 208 valence electrons. The van der Waals surface area contributed by atoms with Crippen molar-refractivity contribution in [3.8, 4) is 11.3 Å². The standard InChI is InChI=1S/C29H30Cl2F3N3O2/c1-39-28(38)25-22-15-20(30)16-24(31)27(22)35-26(18-6-5-7-19(14-18)29(32,33)34)23(25)17-36-12-8-21(9-13-36)37-10-3-2-4-11-37/h5-7,14-16,21H,2-4,8-13,17H2,1H3. The highest BCUT2D eigenvalue weighted by molar-refractivity contribution is 6.38. The molecule has 2 fully saturated rings. The van der Waals surface area contributed by atoms with Crippen LogP contribution < -0.4 is 0 Å². The fourth-order valence-electron chi connectivity index (χ4n) is 5.85. The molecule has 0 N–H and O–H groups in total. The molecule has 2 aliphatic heterocycles. The van der Waals surface area contributed by atoms with Gasteiger partial charge in [0.25, 0.3) is 0 Å². The van der Waals surface area contributed by atoms with Crippen molar-refractivity contribution in [3.63, 3.8) is 0 Å². The highest BCUT2D eigenvalue weighted by atomic mass is 35.5. The molecule has 0 atom stereocenters. The van der Waals surface area contributed by atoms with Crippen LogP contribution in [0.3, 0.4) is 0 Å². The molecule has 0 spiro atoms. The third-order valence-electron chi connectivity index (χ3n) is 7.81. The number of carbonyl (C=O) groups excluding carboxylic acids is 1. The quantitative estimate of drug-likeness (QED) is 0.293. The monoisotopic (exact) mass is 579 g/mol. The van der Waals surface area contributed by atoms with Gasteiger partial charge in [-0.15, -0.1) is 0 Å². The Kier molecular flexibility index (Phi) is 8.38. The number of aromatic nitrogens is 1. The number of rotatable bonds is 5. The molecule has 2 aromatic carbocycles. The summed E-state index contributed by atoms with van der Waals surface area (Å²) in [4.78, 5) is 22.8. The lowest BCUT2D eigenvalue weighted by atomic mass is 9.94. The fraction of sp³-hybridized carbons (Fsp3) is 0.448. The molecule has 0 aliphatic carbocycles. The summed E-state index contributed by atoms with van der Waals surface area (Å²) in [6.07, 6.45) is 1.21. The predicted octanol–water partition coefficient (Wildman–Crippen LogP) is 7.46. The molecule has 0 radical (unpaired) electrons. The zero-order valence-electron chi connectivity index (χ0n) is 21.7. The van der Waals surface area contributed by atoms with E-state index >= 15 is 0 Å². The summed E-state index contributed by atoms with van der Waals surface area (Å²) in [5.74, 6) is -0.618. The van der Waals surface area contributed by atoms with Crippen LogP contribution in [0.5, 0.6) is 0 Å². The second-order valence-corrected chi connectivity index (χ2v) is 11.1. The Morgan fingerprint density at radius 1 is 1.05 bits per heavy atom. The van der Waals surface area contributed by atoms with E-state index in [9.17, 15) is 18.0 Å². The molecule has 0 amide bonds. The summed E-state index contributed by atoms with van der Waals surface area (Å²) in [7, 11) is 1.28. The number of ether oxygens (including phenoxy) is 1. The van der Waals surface area contributed by atoms with E-state index in [-0.39, 0.29) is 27.4 Å². The largest absolute Gasteiger partial charge is 0.465 e. The molecule has 5 rings (SSSR count). The Hall–Kier alpha value is -2.39. The van der Waals surface area contributed by atoms with Gasteiger partial charge in [0, 0.05) is 34.1 Å². The number of hydrogen-bond acceptors (Lipinski definition) is 5. The van der Waals surface area contributed by atoms with Crippen molar-refractivity contribution < 1.29 is 22.7 Å². The molecular formula is C29H30Cl2F3N3O2. The molecule has 10 heteroatoms. The molecule has 2 aliphatic rings. The third-order valence-corrected chi connectivity index (χ3v) is 8.31. The number of methoxy groups -OCH3 is 1. The first-order chi connectivity index (χ1) is 18.7. The van der Waals surface area contributed by atoms with E-state index < -0.39 is 17.7 Å². The molecule has 3 heterocycles. The number of alkyl halides is 3. The molecule has 3 aromatic rings. The van der Waals surface area contributed by atoms with Gasteiger partial charge in [0.2, 0.25) is 0 Å². The molecule has 2 saturated heterocycles. The van der Waals surface area contributed by atoms with Gasteiger partial charge >= 0.3 is 12.1 Å².